The maximum atomic E-state index is 5.82. The molecule has 7 aromatic carbocycles. The van der Waals surface area contributed by atoms with E-state index >= 15 is 0 Å². The highest BCUT2D eigenvalue weighted by molar-refractivity contribution is 6.21. The van der Waals surface area contributed by atoms with E-state index in [0.717, 1.165) is 62.0 Å². The van der Waals surface area contributed by atoms with Gasteiger partial charge in [0, 0.05) is 23.4 Å². The van der Waals surface area contributed by atoms with E-state index in [1.54, 1.807) is 28.4 Å². The number of nitrogens with zero attached hydrogens (tertiary/aromatic N) is 1. The Labute approximate surface area is 286 Å². The molecule has 1 aliphatic rings. The van der Waals surface area contributed by atoms with Crippen LogP contribution in [0.4, 0.5) is 5.69 Å². The third-order valence-corrected chi connectivity index (χ3v) is 9.57. The minimum Gasteiger partial charge on any atom is -0.497 e. The fourth-order valence-electron chi connectivity index (χ4n) is 6.92. The Balaban J connectivity index is 1.26. The van der Waals surface area contributed by atoms with Crippen molar-refractivity contribution in [1.82, 2.24) is 0 Å². The van der Waals surface area contributed by atoms with Gasteiger partial charge in [0.1, 0.15) is 23.0 Å². The molecule has 0 atom stereocenters. The molecule has 0 bridgehead atoms. The normalized spacial score (nSPS) is 12.1. The van der Waals surface area contributed by atoms with Gasteiger partial charge in [-0.05, 0) is 104 Å². The first-order chi connectivity index (χ1) is 24.1. The molecule has 5 heteroatoms. The van der Waals surface area contributed by atoms with Crippen LogP contribution in [0.25, 0.3) is 54.9 Å². The van der Waals surface area contributed by atoms with Gasteiger partial charge in [-0.25, -0.2) is 0 Å². The minimum absolute atomic E-state index is 0.692. The van der Waals surface area contributed by atoms with Crippen LogP contribution >= 0.6 is 0 Å². The smallest absolute Gasteiger partial charge is 0.131 e. The monoisotopic (exact) mass is 641 g/mol. The third-order valence-electron chi connectivity index (χ3n) is 9.57. The molecule has 0 spiro atoms. The van der Waals surface area contributed by atoms with E-state index in [9.17, 15) is 0 Å². The minimum atomic E-state index is 0.692. The second-order valence-electron chi connectivity index (χ2n) is 12.2. The summed E-state index contributed by atoms with van der Waals surface area (Å²) in [6.07, 6.45) is 0.692. The van der Waals surface area contributed by atoms with Crippen LogP contribution in [-0.4, -0.2) is 34.2 Å². The molecular formula is C44H35NO4. The van der Waals surface area contributed by atoms with Crippen LogP contribution in [0.3, 0.4) is 0 Å². The van der Waals surface area contributed by atoms with Crippen molar-refractivity contribution in [3.8, 4) is 56.4 Å². The summed E-state index contributed by atoms with van der Waals surface area (Å²) in [7, 11) is 6.74. The lowest BCUT2D eigenvalue weighted by molar-refractivity contribution is 0.394. The van der Waals surface area contributed by atoms with E-state index in [-0.39, 0.29) is 0 Å². The molecule has 1 heterocycles. The van der Waals surface area contributed by atoms with Crippen molar-refractivity contribution < 1.29 is 18.9 Å². The fraction of sp³-hybridized carbons (Fsp3) is 0.114. The second kappa shape index (κ2) is 12.5. The van der Waals surface area contributed by atoms with Crippen molar-refractivity contribution in [1.29, 1.82) is 0 Å². The van der Waals surface area contributed by atoms with E-state index in [1.807, 2.05) is 42.5 Å². The Bertz CT molecular complexity index is 2370. The van der Waals surface area contributed by atoms with Crippen LogP contribution in [-0.2, 0) is 6.42 Å². The van der Waals surface area contributed by atoms with Gasteiger partial charge in [0.15, 0.2) is 0 Å². The highest BCUT2D eigenvalue weighted by atomic mass is 16.5. The predicted octanol–water partition coefficient (Wildman–Crippen LogP) is 10.7. The summed E-state index contributed by atoms with van der Waals surface area (Å²) in [4.78, 5) is 5.35. The first kappa shape index (κ1) is 30.3. The molecule has 5 nitrogen and oxygen atoms in total. The van der Waals surface area contributed by atoms with Gasteiger partial charge in [0.05, 0.1) is 39.8 Å². The van der Waals surface area contributed by atoms with E-state index < -0.39 is 0 Å². The van der Waals surface area contributed by atoms with E-state index in [4.69, 9.17) is 23.9 Å². The van der Waals surface area contributed by atoms with Crippen molar-refractivity contribution in [3.05, 3.63) is 139 Å². The predicted molar refractivity (Wildman–Crippen MR) is 200 cm³/mol. The van der Waals surface area contributed by atoms with Gasteiger partial charge in [-0.1, -0.05) is 72.8 Å². The lowest BCUT2D eigenvalue weighted by Gasteiger charge is -2.14. The molecule has 49 heavy (non-hydrogen) atoms. The van der Waals surface area contributed by atoms with E-state index in [2.05, 4.69) is 84.9 Å². The highest BCUT2D eigenvalue weighted by Gasteiger charge is 2.25. The number of benzene rings is 7. The van der Waals surface area contributed by atoms with Crippen LogP contribution in [0, 0.1) is 0 Å². The highest BCUT2D eigenvalue weighted by Crippen LogP contribution is 2.46. The lowest BCUT2D eigenvalue weighted by Crippen LogP contribution is -2.04. The summed E-state index contributed by atoms with van der Waals surface area (Å²) in [5.41, 5.74) is 11.1. The molecule has 0 saturated heterocycles. The molecule has 0 aromatic heterocycles. The SMILES string of the molecule is COc1ccc(-c2ccc(-c3ccc4c(c3)c3c(c5cc(-c6ccc(OC)cc6)ccc54)N=C(c4ccc(OC)cc4OC)C3)cc2)cc1. The van der Waals surface area contributed by atoms with Crippen molar-refractivity contribution in [2.24, 2.45) is 4.99 Å². The molecule has 0 aliphatic carbocycles. The molecule has 7 aromatic rings. The lowest BCUT2D eigenvalue weighted by atomic mass is 9.89. The molecule has 0 radical (unpaired) electrons. The van der Waals surface area contributed by atoms with Crippen LogP contribution < -0.4 is 18.9 Å². The zero-order valence-corrected chi connectivity index (χ0v) is 27.9. The maximum absolute atomic E-state index is 5.82. The van der Waals surface area contributed by atoms with Gasteiger partial charge >= 0.3 is 0 Å². The summed E-state index contributed by atoms with van der Waals surface area (Å²) in [6, 6.07) is 44.6. The Morgan fingerprint density at radius 2 is 0.857 bits per heavy atom. The summed E-state index contributed by atoms with van der Waals surface area (Å²) in [6.45, 7) is 0. The Hall–Kier alpha value is -6.07. The van der Waals surface area contributed by atoms with Gasteiger partial charge in [0.2, 0.25) is 0 Å². The molecule has 0 amide bonds. The van der Waals surface area contributed by atoms with Crippen molar-refractivity contribution in [3.63, 3.8) is 0 Å². The molecule has 0 N–H and O–H groups in total. The number of hydrogen-bond donors (Lipinski definition) is 0. The summed E-state index contributed by atoms with van der Waals surface area (Å²) >= 11 is 0. The van der Waals surface area contributed by atoms with Crippen molar-refractivity contribution >= 4 is 32.9 Å². The number of fused-ring (bicyclic) bond motifs is 6. The summed E-state index contributed by atoms with van der Waals surface area (Å²) in [5, 5.41) is 4.74. The number of ether oxygens (including phenoxy) is 4. The number of aliphatic imine (C=N–C) groups is 1. The van der Waals surface area contributed by atoms with Crippen molar-refractivity contribution in [2.75, 3.05) is 28.4 Å². The molecule has 0 fully saturated rings. The zero-order chi connectivity index (χ0) is 33.5. The number of methoxy groups -OCH3 is 4. The van der Waals surface area contributed by atoms with Crippen LogP contribution in [0.2, 0.25) is 0 Å². The summed E-state index contributed by atoms with van der Waals surface area (Å²) in [5.74, 6) is 3.19. The topological polar surface area (TPSA) is 49.3 Å². The molecule has 8 rings (SSSR count). The molecule has 0 unspecified atom stereocenters. The molecule has 240 valence electrons. The van der Waals surface area contributed by atoms with Gasteiger partial charge in [-0.15, -0.1) is 0 Å². The van der Waals surface area contributed by atoms with Crippen LogP contribution in [0.15, 0.2) is 132 Å². The van der Waals surface area contributed by atoms with Crippen LogP contribution in [0.5, 0.6) is 23.0 Å². The second-order valence-corrected chi connectivity index (χ2v) is 12.2. The van der Waals surface area contributed by atoms with Gasteiger partial charge < -0.3 is 18.9 Å². The molecular weight excluding hydrogens is 606 g/mol. The molecule has 0 saturated carbocycles. The zero-order valence-electron chi connectivity index (χ0n) is 27.9. The maximum Gasteiger partial charge on any atom is 0.131 e. The Morgan fingerprint density at radius 1 is 0.408 bits per heavy atom. The number of rotatable bonds is 8. The average Bonchev–Trinajstić information content (AvgIpc) is 3.63. The number of hydrogen-bond acceptors (Lipinski definition) is 5. The fourth-order valence-corrected chi connectivity index (χ4v) is 6.92. The molecule has 1 aliphatic heterocycles. The van der Waals surface area contributed by atoms with Gasteiger partial charge in [0.25, 0.3) is 0 Å². The van der Waals surface area contributed by atoms with Crippen molar-refractivity contribution in [2.45, 2.75) is 6.42 Å². The van der Waals surface area contributed by atoms with Gasteiger partial charge in [-0.2, -0.15) is 0 Å². The third kappa shape index (κ3) is 5.43. The summed E-state index contributed by atoms with van der Waals surface area (Å²) < 4.78 is 22.1. The standard InChI is InChI=1S/C44H35NO4/c1-46-33-15-9-28(10-16-33)27-5-7-29(8-6-27)31-13-20-36-37-21-14-32(30-11-17-34(47-2)18-12-30)24-40(37)44-41(39(36)23-31)26-42(45-44)38-22-19-35(48-3)25-43(38)49-4/h5-25H,26H2,1-4H3. The van der Waals surface area contributed by atoms with Crippen LogP contribution in [0.1, 0.15) is 11.1 Å². The first-order valence-electron chi connectivity index (χ1n) is 16.3. The largest absolute Gasteiger partial charge is 0.497 e. The average molecular weight is 642 g/mol. The first-order valence-corrected chi connectivity index (χ1v) is 16.3. The quantitative estimate of drug-likeness (QED) is 0.155. The van der Waals surface area contributed by atoms with E-state index in [1.165, 1.54) is 38.4 Å². The Kier molecular flexibility index (Phi) is 7.73. The van der Waals surface area contributed by atoms with E-state index in [0.29, 0.717) is 6.42 Å². The Morgan fingerprint density at radius 3 is 1.39 bits per heavy atom. The van der Waals surface area contributed by atoms with Gasteiger partial charge in [-0.3, -0.25) is 4.99 Å².